The third kappa shape index (κ3) is 6.88. The van der Waals surface area contributed by atoms with Crippen molar-refractivity contribution in [3.05, 3.63) is 5.01 Å². The van der Waals surface area contributed by atoms with Crippen molar-refractivity contribution in [1.29, 1.82) is 0 Å². The smallest absolute Gasteiger partial charge is 0.226 e. The van der Waals surface area contributed by atoms with Crippen LogP contribution in [0.15, 0.2) is 0 Å². The SMILES string of the molecule is CC(C)Cc1nnc(NC(=O)CCC(C)N)s1.Cl. The summed E-state index contributed by atoms with van der Waals surface area (Å²) in [5.41, 5.74) is 5.59. The molecule has 0 aromatic carbocycles. The molecule has 1 unspecified atom stereocenters. The maximum absolute atomic E-state index is 11.5. The second kappa shape index (κ2) is 8.39. The number of aromatic nitrogens is 2. The summed E-state index contributed by atoms with van der Waals surface area (Å²) in [6, 6.07) is 0.0478. The lowest BCUT2D eigenvalue weighted by molar-refractivity contribution is -0.116. The Kier molecular flexibility index (Phi) is 8.06. The maximum atomic E-state index is 11.5. The van der Waals surface area contributed by atoms with Crippen LogP contribution in [0.2, 0.25) is 0 Å². The Morgan fingerprint density at radius 1 is 1.39 bits per heavy atom. The van der Waals surface area contributed by atoms with Crippen molar-refractivity contribution in [3.63, 3.8) is 0 Å². The Balaban J connectivity index is 0.00000289. The topological polar surface area (TPSA) is 80.9 Å². The van der Waals surface area contributed by atoms with Gasteiger partial charge in [0, 0.05) is 18.9 Å². The van der Waals surface area contributed by atoms with Gasteiger partial charge >= 0.3 is 0 Å². The Morgan fingerprint density at radius 3 is 2.61 bits per heavy atom. The molecule has 0 aliphatic rings. The minimum atomic E-state index is -0.0467. The van der Waals surface area contributed by atoms with E-state index in [0.717, 1.165) is 11.4 Å². The zero-order valence-electron chi connectivity index (χ0n) is 11.0. The van der Waals surface area contributed by atoms with Gasteiger partial charge in [-0.15, -0.1) is 22.6 Å². The number of nitrogens with two attached hydrogens (primary N) is 1. The molecule has 0 radical (unpaired) electrons. The number of amides is 1. The highest BCUT2D eigenvalue weighted by molar-refractivity contribution is 7.15. The molecule has 104 valence electrons. The molecule has 0 saturated heterocycles. The molecule has 0 fully saturated rings. The van der Waals surface area contributed by atoms with Crippen LogP contribution in [0.25, 0.3) is 0 Å². The quantitative estimate of drug-likeness (QED) is 0.842. The first kappa shape index (κ1) is 17.3. The lowest BCUT2D eigenvalue weighted by Crippen LogP contribution is -2.19. The highest BCUT2D eigenvalue weighted by Gasteiger charge is 2.09. The fraction of sp³-hybridized carbons (Fsp3) is 0.727. The number of nitrogens with zero attached hydrogens (tertiary/aromatic N) is 2. The van der Waals surface area contributed by atoms with Crippen LogP contribution in [0.5, 0.6) is 0 Å². The fourth-order valence-corrected chi connectivity index (χ4v) is 2.24. The molecule has 5 nitrogen and oxygen atoms in total. The lowest BCUT2D eigenvalue weighted by atomic mass is 10.1. The number of anilines is 1. The van der Waals surface area contributed by atoms with Gasteiger partial charge in [0.25, 0.3) is 0 Å². The van der Waals surface area contributed by atoms with Gasteiger partial charge in [-0.2, -0.15) is 0 Å². The zero-order valence-corrected chi connectivity index (χ0v) is 12.6. The lowest BCUT2D eigenvalue weighted by Gasteiger charge is -2.03. The molecule has 1 aromatic heterocycles. The van der Waals surface area contributed by atoms with E-state index < -0.39 is 0 Å². The van der Waals surface area contributed by atoms with Gasteiger partial charge in [-0.05, 0) is 19.3 Å². The molecular weight excluding hydrogens is 272 g/mol. The van der Waals surface area contributed by atoms with Gasteiger partial charge in [0.2, 0.25) is 11.0 Å². The van der Waals surface area contributed by atoms with Crippen LogP contribution in [0.3, 0.4) is 0 Å². The van der Waals surface area contributed by atoms with Crippen molar-refractivity contribution in [2.75, 3.05) is 5.32 Å². The molecule has 0 aliphatic heterocycles. The highest BCUT2D eigenvalue weighted by Crippen LogP contribution is 2.18. The highest BCUT2D eigenvalue weighted by atomic mass is 35.5. The number of carbonyl (C=O) groups excluding carboxylic acids is 1. The van der Waals surface area contributed by atoms with Crippen molar-refractivity contribution in [1.82, 2.24) is 10.2 Å². The van der Waals surface area contributed by atoms with Crippen LogP contribution in [-0.2, 0) is 11.2 Å². The van der Waals surface area contributed by atoms with Crippen LogP contribution < -0.4 is 11.1 Å². The molecule has 18 heavy (non-hydrogen) atoms. The minimum absolute atomic E-state index is 0. The molecule has 1 heterocycles. The van der Waals surface area contributed by atoms with E-state index in [2.05, 4.69) is 29.4 Å². The number of rotatable bonds is 6. The number of hydrogen-bond donors (Lipinski definition) is 2. The predicted molar refractivity (Wildman–Crippen MR) is 77.2 cm³/mol. The summed E-state index contributed by atoms with van der Waals surface area (Å²) in [6.45, 7) is 6.14. The first-order valence-corrected chi connectivity index (χ1v) is 6.67. The average Bonchev–Trinajstić information content (AvgIpc) is 2.61. The number of halogens is 1. The van der Waals surface area contributed by atoms with Crippen LogP contribution >= 0.6 is 23.7 Å². The van der Waals surface area contributed by atoms with Crippen molar-refractivity contribution in [2.24, 2.45) is 11.7 Å². The second-order valence-corrected chi connectivity index (χ2v) is 5.73. The van der Waals surface area contributed by atoms with Gasteiger partial charge in [-0.1, -0.05) is 25.2 Å². The van der Waals surface area contributed by atoms with Gasteiger partial charge in [-0.25, -0.2) is 0 Å². The van der Waals surface area contributed by atoms with E-state index in [0.29, 0.717) is 23.9 Å². The number of carbonyl (C=O) groups is 1. The van der Waals surface area contributed by atoms with Gasteiger partial charge in [0.05, 0.1) is 0 Å². The van der Waals surface area contributed by atoms with Crippen LogP contribution in [-0.4, -0.2) is 22.1 Å². The summed E-state index contributed by atoms with van der Waals surface area (Å²) in [7, 11) is 0. The molecule has 0 bridgehead atoms. The molecule has 1 aromatic rings. The van der Waals surface area contributed by atoms with Crippen molar-refractivity contribution in [2.45, 2.75) is 46.1 Å². The largest absolute Gasteiger partial charge is 0.328 e. The molecule has 0 saturated carbocycles. The Bertz CT molecular complexity index is 368. The molecule has 1 rings (SSSR count). The Morgan fingerprint density at radius 2 is 2.06 bits per heavy atom. The van der Waals surface area contributed by atoms with Crippen LogP contribution in [0.1, 0.15) is 38.6 Å². The standard InChI is InChI=1S/C11H20N4OS.ClH/c1-7(2)6-10-14-15-11(17-10)13-9(16)5-4-8(3)12;/h7-8H,4-6,12H2,1-3H3,(H,13,15,16);1H. The molecule has 0 aliphatic carbocycles. The predicted octanol–water partition coefficient (Wildman–Crippen LogP) is 2.22. The van der Waals surface area contributed by atoms with E-state index in [1.54, 1.807) is 0 Å². The normalized spacial score (nSPS) is 12.1. The van der Waals surface area contributed by atoms with Gasteiger partial charge in [0.15, 0.2) is 0 Å². The van der Waals surface area contributed by atoms with E-state index in [-0.39, 0.29) is 24.4 Å². The number of hydrogen-bond acceptors (Lipinski definition) is 5. The van der Waals surface area contributed by atoms with Gasteiger partial charge < -0.3 is 11.1 Å². The first-order chi connectivity index (χ1) is 7.97. The average molecular weight is 293 g/mol. The Labute approximate surface area is 118 Å². The van der Waals surface area contributed by atoms with Crippen LogP contribution in [0.4, 0.5) is 5.13 Å². The van der Waals surface area contributed by atoms with Crippen molar-refractivity contribution < 1.29 is 4.79 Å². The summed E-state index contributed by atoms with van der Waals surface area (Å²) in [6.07, 6.45) is 2.01. The van der Waals surface area contributed by atoms with Crippen molar-refractivity contribution in [3.8, 4) is 0 Å². The first-order valence-electron chi connectivity index (χ1n) is 5.85. The zero-order chi connectivity index (χ0) is 12.8. The van der Waals surface area contributed by atoms with Crippen molar-refractivity contribution >= 4 is 34.8 Å². The second-order valence-electron chi connectivity index (χ2n) is 4.66. The van der Waals surface area contributed by atoms with Crippen LogP contribution in [0, 0.1) is 5.92 Å². The van der Waals surface area contributed by atoms with E-state index in [4.69, 9.17) is 5.73 Å². The maximum Gasteiger partial charge on any atom is 0.226 e. The van der Waals surface area contributed by atoms with Gasteiger partial charge in [0.1, 0.15) is 5.01 Å². The summed E-state index contributed by atoms with van der Waals surface area (Å²) in [5, 5.41) is 12.3. The van der Waals surface area contributed by atoms with E-state index in [9.17, 15) is 4.79 Å². The molecule has 1 atom stereocenters. The van der Waals surface area contributed by atoms with E-state index in [1.165, 1.54) is 11.3 Å². The minimum Gasteiger partial charge on any atom is -0.328 e. The summed E-state index contributed by atoms with van der Waals surface area (Å²) >= 11 is 1.44. The molecule has 3 N–H and O–H groups in total. The third-order valence-corrected chi connectivity index (χ3v) is 2.98. The molecule has 7 heteroatoms. The summed E-state index contributed by atoms with van der Waals surface area (Å²) in [4.78, 5) is 11.5. The molecular formula is C11H21ClN4OS. The fourth-order valence-electron chi connectivity index (χ4n) is 1.28. The molecule has 0 spiro atoms. The Hall–Kier alpha value is -0.720. The molecule has 1 amide bonds. The monoisotopic (exact) mass is 292 g/mol. The summed E-state index contributed by atoms with van der Waals surface area (Å²) in [5.74, 6) is 0.499. The van der Waals surface area contributed by atoms with E-state index >= 15 is 0 Å². The number of nitrogens with one attached hydrogen (secondary N) is 1. The summed E-state index contributed by atoms with van der Waals surface area (Å²) < 4.78 is 0. The van der Waals surface area contributed by atoms with E-state index in [1.807, 2.05) is 6.92 Å². The van der Waals surface area contributed by atoms with Gasteiger partial charge in [-0.3, -0.25) is 4.79 Å². The third-order valence-electron chi connectivity index (χ3n) is 2.12.